The van der Waals surface area contributed by atoms with Crippen LogP contribution in [0.3, 0.4) is 0 Å². The van der Waals surface area contributed by atoms with Crippen molar-refractivity contribution in [2.24, 2.45) is 0 Å². The molecule has 0 fully saturated rings. The zero-order valence-corrected chi connectivity index (χ0v) is 13.0. The molecule has 0 unspecified atom stereocenters. The highest BCUT2D eigenvalue weighted by molar-refractivity contribution is 9.10. The van der Waals surface area contributed by atoms with E-state index < -0.39 is 0 Å². The van der Waals surface area contributed by atoms with Crippen LogP contribution in [0.4, 0.5) is 0 Å². The first-order valence-electron chi connectivity index (χ1n) is 6.05. The Kier molecular flexibility index (Phi) is 5.63. The van der Waals surface area contributed by atoms with E-state index in [1.165, 1.54) is 14.9 Å². The van der Waals surface area contributed by atoms with Crippen molar-refractivity contribution in [1.29, 1.82) is 0 Å². The van der Waals surface area contributed by atoms with Crippen LogP contribution in [0, 0.1) is 0 Å². The van der Waals surface area contributed by atoms with Crippen molar-refractivity contribution in [2.45, 2.75) is 13.1 Å². The number of rotatable bonds is 7. The van der Waals surface area contributed by atoms with Crippen molar-refractivity contribution in [1.82, 2.24) is 5.32 Å². The molecule has 0 saturated heterocycles. The van der Waals surface area contributed by atoms with Gasteiger partial charge in [-0.25, -0.2) is 0 Å². The molecule has 1 aromatic heterocycles. The summed E-state index contributed by atoms with van der Waals surface area (Å²) >= 11 is 5.29. The quantitative estimate of drug-likeness (QED) is 0.757. The number of nitrogens with one attached hydrogen (secondary N) is 1. The summed E-state index contributed by atoms with van der Waals surface area (Å²) < 4.78 is 6.63. The summed E-state index contributed by atoms with van der Waals surface area (Å²) in [6.45, 7) is 5.91. The Hall–Kier alpha value is -1.10. The highest BCUT2D eigenvalue weighted by atomic mass is 79.9. The molecule has 0 saturated carbocycles. The summed E-state index contributed by atoms with van der Waals surface area (Å²) in [5.41, 5.74) is 1.25. The van der Waals surface area contributed by atoms with Crippen molar-refractivity contribution in [3.05, 3.63) is 63.3 Å². The first kappa shape index (κ1) is 14.3. The lowest BCUT2D eigenvalue weighted by Crippen LogP contribution is -2.11. The third kappa shape index (κ3) is 4.49. The van der Waals surface area contributed by atoms with Gasteiger partial charge in [0.05, 0.1) is 0 Å². The van der Waals surface area contributed by atoms with Crippen LogP contribution in [0.15, 0.2) is 52.8 Å². The Morgan fingerprint density at radius 2 is 2.00 bits per heavy atom. The first-order chi connectivity index (χ1) is 9.29. The third-order valence-corrected chi connectivity index (χ3v) is 4.52. The zero-order valence-electron chi connectivity index (χ0n) is 10.6. The number of halogens is 1. The van der Waals surface area contributed by atoms with E-state index in [2.05, 4.69) is 51.4 Å². The van der Waals surface area contributed by atoms with E-state index in [1.807, 2.05) is 12.1 Å². The van der Waals surface area contributed by atoms with Gasteiger partial charge in [-0.05, 0) is 45.1 Å². The van der Waals surface area contributed by atoms with Crippen LogP contribution < -0.4 is 10.1 Å². The van der Waals surface area contributed by atoms with Gasteiger partial charge in [0.2, 0.25) is 0 Å². The lowest BCUT2D eigenvalue weighted by molar-refractivity contribution is 0.363. The molecule has 2 rings (SSSR count). The molecule has 4 heteroatoms. The van der Waals surface area contributed by atoms with E-state index in [-0.39, 0.29) is 0 Å². The van der Waals surface area contributed by atoms with Gasteiger partial charge in [0.1, 0.15) is 12.4 Å². The number of ether oxygens (including phenoxy) is 1. The predicted octanol–water partition coefficient (Wildman–Crippen LogP) is 4.37. The fourth-order valence-electron chi connectivity index (χ4n) is 1.63. The smallest absolute Gasteiger partial charge is 0.119 e. The van der Waals surface area contributed by atoms with E-state index in [9.17, 15) is 0 Å². The highest BCUT2D eigenvalue weighted by Gasteiger charge is 2.00. The van der Waals surface area contributed by atoms with Crippen LogP contribution in [0.5, 0.6) is 5.75 Å². The highest BCUT2D eigenvalue weighted by Crippen LogP contribution is 2.22. The van der Waals surface area contributed by atoms with Crippen molar-refractivity contribution >= 4 is 27.3 Å². The molecular weight excluding hydrogens is 322 g/mol. The molecule has 0 atom stereocenters. The van der Waals surface area contributed by atoms with Crippen LogP contribution in [0.1, 0.15) is 10.4 Å². The lowest BCUT2D eigenvalue weighted by atomic mass is 10.2. The van der Waals surface area contributed by atoms with E-state index in [1.54, 1.807) is 17.4 Å². The van der Waals surface area contributed by atoms with Gasteiger partial charge in [0.25, 0.3) is 0 Å². The second-order valence-electron chi connectivity index (χ2n) is 4.04. The standard InChI is InChI=1S/C15H16BrNOS/c1-2-8-18-13-5-3-12(4-6-13)10-17-11-15-14(16)7-9-19-15/h2-7,9,17H,1,8,10-11H2. The molecule has 1 N–H and O–H groups in total. The SMILES string of the molecule is C=CCOc1ccc(CNCc2sccc2Br)cc1. The largest absolute Gasteiger partial charge is 0.490 e. The zero-order chi connectivity index (χ0) is 13.5. The first-order valence-corrected chi connectivity index (χ1v) is 7.72. The molecular formula is C15H16BrNOS. The number of benzene rings is 1. The second-order valence-corrected chi connectivity index (χ2v) is 5.89. The molecule has 0 aliphatic heterocycles. The number of hydrogen-bond acceptors (Lipinski definition) is 3. The Morgan fingerprint density at radius 1 is 1.21 bits per heavy atom. The molecule has 1 heterocycles. The van der Waals surface area contributed by atoms with Gasteiger partial charge in [0.15, 0.2) is 0 Å². The second kappa shape index (κ2) is 7.48. The van der Waals surface area contributed by atoms with Gasteiger partial charge < -0.3 is 10.1 Å². The van der Waals surface area contributed by atoms with Crippen molar-refractivity contribution < 1.29 is 4.74 Å². The van der Waals surface area contributed by atoms with E-state index in [0.29, 0.717) is 6.61 Å². The molecule has 0 amide bonds. The number of hydrogen-bond donors (Lipinski definition) is 1. The Bertz CT molecular complexity index is 521. The van der Waals surface area contributed by atoms with Crippen molar-refractivity contribution in [2.75, 3.05) is 6.61 Å². The summed E-state index contributed by atoms with van der Waals surface area (Å²) in [5.74, 6) is 0.879. The van der Waals surface area contributed by atoms with Gasteiger partial charge in [-0.1, -0.05) is 24.8 Å². The fourth-order valence-corrected chi connectivity index (χ4v) is 3.09. The monoisotopic (exact) mass is 337 g/mol. The maximum Gasteiger partial charge on any atom is 0.119 e. The fraction of sp³-hybridized carbons (Fsp3) is 0.200. The van der Waals surface area contributed by atoms with Crippen LogP contribution >= 0.6 is 27.3 Å². The third-order valence-electron chi connectivity index (χ3n) is 2.60. The summed E-state index contributed by atoms with van der Waals surface area (Å²) in [6.07, 6.45) is 1.74. The van der Waals surface area contributed by atoms with Gasteiger partial charge in [-0.15, -0.1) is 11.3 Å². The predicted molar refractivity (Wildman–Crippen MR) is 84.7 cm³/mol. The van der Waals surface area contributed by atoms with Crippen LogP contribution in [0.2, 0.25) is 0 Å². The molecule has 0 spiro atoms. The normalized spacial score (nSPS) is 10.4. The van der Waals surface area contributed by atoms with Crippen LogP contribution in [0.25, 0.3) is 0 Å². The minimum absolute atomic E-state index is 0.546. The van der Waals surface area contributed by atoms with Crippen LogP contribution in [-0.4, -0.2) is 6.61 Å². The lowest BCUT2D eigenvalue weighted by Gasteiger charge is -2.06. The van der Waals surface area contributed by atoms with Gasteiger partial charge in [0, 0.05) is 22.4 Å². The minimum atomic E-state index is 0.546. The summed E-state index contributed by atoms with van der Waals surface area (Å²) in [5, 5.41) is 5.52. The molecule has 19 heavy (non-hydrogen) atoms. The van der Waals surface area contributed by atoms with E-state index in [4.69, 9.17) is 4.74 Å². The minimum Gasteiger partial charge on any atom is -0.490 e. The molecule has 0 aliphatic carbocycles. The molecule has 1 aromatic carbocycles. The number of thiophene rings is 1. The molecule has 0 bridgehead atoms. The van der Waals surface area contributed by atoms with Crippen molar-refractivity contribution in [3.8, 4) is 5.75 Å². The summed E-state index contributed by atoms with van der Waals surface area (Å²) in [4.78, 5) is 1.32. The Balaban J connectivity index is 1.80. The molecule has 2 aromatic rings. The maximum atomic E-state index is 5.45. The van der Waals surface area contributed by atoms with Crippen molar-refractivity contribution in [3.63, 3.8) is 0 Å². The summed E-state index contributed by atoms with van der Waals surface area (Å²) in [6, 6.07) is 10.2. The topological polar surface area (TPSA) is 21.3 Å². The van der Waals surface area contributed by atoms with Gasteiger partial charge in [-0.3, -0.25) is 0 Å². The van der Waals surface area contributed by atoms with Gasteiger partial charge >= 0.3 is 0 Å². The maximum absolute atomic E-state index is 5.45. The van der Waals surface area contributed by atoms with Gasteiger partial charge in [-0.2, -0.15) is 0 Å². The van der Waals surface area contributed by atoms with E-state index >= 15 is 0 Å². The molecule has 100 valence electrons. The molecule has 0 aliphatic rings. The Morgan fingerprint density at radius 3 is 2.63 bits per heavy atom. The van der Waals surface area contributed by atoms with E-state index in [0.717, 1.165) is 18.8 Å². The molecule has 0 radical (unpaired) electrons. The average Bonchev–Trinajstić information content (AvgIpc) is 2.84. The summed E-state index contributed by atoms with van der Waals surface area (Å²) in [7, 11) is 0. The van der Waals surface area contributed by atoms with Crippen LogP contribution in [-0.2, 0) is 13.1 Å². The Labute approximate surface area is 126 Å². The average molecular weight is 338 g/mol. The molecule has 2 nitrogen and oxygen atoms in total.